The van der Waals surface area contributed by atoms with Crippen molar-refractivity contribution >= 4 is 27.5 Å². The van der Waals surface area contributed by atoms with Gasteiger partial charge in [0.2, 0.25) is 5.91 Å². The molecule has 0 radical (unpaired) electrons. The third-order valence-corrected chi connectivity index (χ3v) is 6.82. The van der Waals surface area contributed by atoms with Gasteiger partial charge in [-0.15, -0.1) is 11.8 Å². The normalized spacial score (nSPS) is 18.9. The number of carbonyl (C=O) groups is 1. The van der Waals surface area contributed by atoms with E-state index in [4.69, 9.17) is 5.26 Å². The van der Waals surface area contributed by atoms with Crippen LogP contribution in [0.4, 0.5) is 0 Å². The van der Waals surface area contributed by atoms with E-state index in [1.165, 1.54) is 11.8 Å². The van der Waals surface area contributed by atoms with E-state index in [-0.39, 0.29) is 23.5 Å². The Kier molecular flexibility index (Phi) is 6.91. The zero-order chi connectivity index (χ0) is 18.4. The van der Waals surface area contributed by atoms with Gasteiger partial charge in [0.25, 0.3) is 0 Å². The zero-order valence-electron chi connectivity index (χ0n) is 14.6. The van der Waals surface area contributed by atoms with E-state index in [1.807, 2.05) is 32.0 Å². The van der Waals surface area contributed by atoms with Gasteiger partial charge in [-0.3, -0.25) is 4.79 Å². The third kappa shape index (κ3) is 6.05. The highest BCUT2D eigenvalue weighted by molar-refractivity contribution is 7.99. The minimum absolute atomic E-state index is 0.00256. The molecule has 1 aromatic carbocycles. The van der Waals surface area contributed by atoms with E-state index in [2.05, 4.69) is 6.07 Å². The number of benzene rings is 1. The van der Waals surface area contributed by atoms with Crippen LogP contribution in [-0.4, -0.2) is 49.1 Å². The molecule has 1 aliphatic heterocycles. The van der Waals surface area contributed by atoms with Crippen molar-refractivity contribution in [1.82, 2.24) is 4.90 Å². The lowest BCUT2D eigenvalue weighted by Gasteiger charge is -2.30. The first-order valence-corrected chi connectivity index (χ1v) is 11.3. The lowest BCUT2D eigenvalue weighted by atomic mass is 10.1. The smallest absolute Gasteiger partial charge is 0.232 e. The molecule has 1 fully saturated rings. The Morgan fingerprint density at radius 1 is 1.44 bits per heavy atom. The summed E-state index contributed by atoms with van der Waals surface area (Å²) in [6.07, 6.45) is 0.537. The summed E-state index contributed by atoms with van der Waals surface area (Å²) in [5.41, 5.74) is 1.62. The predicted octanol–water partition coefficient (Wildman–Crippen LogP) is 2.46. The minimum Gasteiger partial charge on any atom is -0.338 e. The Balaban J connectivity index is 1.94. The van der Waals surface area contributed by atoms with Crippen molar-refractivity contribution in [1.29, 1.82) is 5.26 Å². The molecule has 0 spiro atoms. The van der Waals surface area contributed by atoms with Gasteiger partial charge >= 0.3 is 0 Å². The van der Waals surface area contributed by atoms with Crippen LogP contribution in [0, 0.1) is 17.2 Å². The minimum atomic E-state index is -3.01. The van der Waals surface area contributed by atoms with Crippen molar-refractivity contribution in [3.63, 3.8) is 0 Å². The number of hydrogen-bond donors (Lipinski definition) is 0. The van der Waals surface area contributed by atoms with E-state index in [1.54, 1.807) is 11.0 Å². The number of nitriles is 1. The van der Waals surface area contributed by atoms with Gasteiger partial charge in [-0.25, -0.2) is 8.42 Å². The average molecular weight is 381 g/mol. The summed E-state index contributed by atoms with van der Waals surface area (Å²) in [5, 5.41) is 8.93. The molecule has 7 heteroatoms. The summed E-state index contributed by atoms with van der Waals surface area (Å²) in [5.74, 6) is 1.52. The third-order valence-electron chi connectivity index (χ3n) is 4.08. The molecule has 0 aromatic heterocycles. The second kappa shape index (κ2) is 8.72. The monoisotopic (exact) mass is 380 g/mol. The summed E-state index contributed by atoms with van der Waals surface area (Å²) >= 11 is 1.50. The van der Waals surface area contributed by atoms with Crippen LogP contribution >= 0.6 is 11.8 Å². The van der Waals surface area contributed by atoms with Crippen LogP contribution in [0.1, 0.15) is 31.4 Å². The largest absolute Gasteiger partial charge is 0.338 e. The molecule has 0 N–H and O–H groups in total. The van der Waals surface area contributed by atoms with Gasteiger partial charge in [-0.1, -0.05) is 26.0 Å². The molecule has 0 bridgehead atoms. The summed E-state index contributed by atoms with van der Waals surface area (Å²) in [6.45, 7) is 4.65. The highest BCUT2D eigenvalue weighted by Crippen LogP contribution is 2.21. The van der Waals surface area contributed by atoms with Crippen molar-refractivity contribution in [2.45, 2.75) is 32.1 Å². The zero-order valence-corrected chi connectivity index (χ0v) is 16.3. The molecule has 0 aliphatic carbocycles. The standard InChI is InChI=1S/C18H24N2O3S2/c1-14(2)10-20(17-6-7-25(22,23)13-17)18(21)12-24-11-16-5-3-4-15(8-16)9-19/h3-5,8,14,17H,6-7,10-13H2,1-2H3/t17-/m0/s1. The van der Waals surface area contributed by atoms with E-state index in [0.717, 1.165) is 5.56 Å². The van der Waals surface area contributed by atoms with Gasteiger partial charge in [0.05, 0.1) is 28.9 Å². The van der Waals surface area contributed by atoms with Crippen LogP contribution in [0.15, 0.2) is 24.3 Å². The molecular formula is C18H24N2O3S2. The number of thioether (sulfide) groups is 1. The Bertz CT molecular complexity index is 754. The quantitative estimate of drug-likeness (QED) is 0.726. The molecule has 25 heavy (non-hydrogen) atoms. The van der Waals surface area contributed by atoms with Crippen LogP contribution < -0.4 is 0 Å². The highest BCUT2D eigenvalue weighted by Gasteiger charge is 2.34. The maximum absolute atomic E-state index is 12.6. The van der Waals surface area contributed by atoms with Gasteiger partial charge in [-0.2, -0.15) is 5.26 Å². The molecular weight excluding hydrogens is 356 g/mol. The van der Waals surface area contributed by atoms with Gasteiger partial charge in [0.15, 0.2) is 9.84 Å². The molecule has 5 nitrogen and oxygen atoms in total. The van der Waals surface area contributed by atoms with Gasteiger partial charge < -0.3 is 4.90 Å². The molecule has 1 saturated heterocycles. The van der Waals surface area contributed by atoms with Gasteiger partial charge in [0.1, 0.15) is 0 Å². The highest BCUT2D eigenvalue weighted by atomic mass is 32.2. The second-order valence-corrected chi connectivity index (χ2v) is 10.0. The Morgan fingerprint density at radius 3 is 2.80 bits per heavy atom. The molecule has 136 valence electrons. The molecule has 2 rings (SSSR count). The average Bonchev–Trinajstić information content (AvgIpc) is 2.92. The first-order valence-electron chi connectivity index (χ1n) is 8.37. The van der Waals surface area contributed by atoms with Crippen molar-refractivity contribution in [2.24, 2.45) is 5.92 Å². The van der Waals surface area contributed by atoms with Crippen LogP contribution in [0.5, 0.6) is 0 Å². The number of rotatable bonds is 7. The van der Waals surface area contributed by atoms with Crippen LogP contribution in [0.3, 0.4) is 0 Å². The molecule has 1 heterocycles. The van der Waals surface area contributed by atoms with E-state index in [0.29, 0.717) is 36.0 Å². The van der Waals surface area contributed by atoms with Crippen molar-refractivity contribution in [3.8, 4) is 6.07 Å². The number of nitrogens with zero attached hydrogens (tertiary/aromatic N) is 2. The van der Waals surface area contributed by atoms with Gasteiger partial charge in [0, 0.05) is 18.3 Å². The lowest BCUT2D eigenvalue weighted by molar-refractivity contribution is -0.130. The first kappa shape index (κ1) is 19.8. The van der Waals surface area contributed by atoms with Crippen LogP contribution in [0.2, 0.25) is 0 Å². The molecule has 1 aromatic rings. The molecule has 1 atom stereocenters. The fraction of sp³-hybridized carbons (Fsp3) is 0.556. The topological polar surface area (TPSA) is 78.2 Å². The summed E-state index contributed by atoms with van der Waals surface area (Å²) in [6, 6.07) is 9.27. The Hall–Kier alpha value is -1.52. The summed E-state index contributed by atoms with van der Waals surface area (Å²) in [7, 11) is -3.01. The fourth-order valence-corrected chi connectivity index (χ4v) is 5.53. The predicted molar refractivity (Wildman–Crippen MR) is 101 cm³/mol. The molecule has 0 unspecified atom stereocenters. The van der Waals surface area contributed by atoms with E-state index < -0.39 is 9.84 Å². The van der Waals surface area contributed by atoms with Crippen LogP contribution in [0.25, 0.3) is 0 Å². The fourth-order valence-electron chi connectivity index (χ4n) is 2.94. The van der Waals surface area contributed by atoms with E-state index >= 15 is 0 Å². The SMILES string of the molecule is CC(C)CN(C(=O)CSCc1cccc(C#N)c1)[C@H]1CCS(=O)(=O)C1. The number of hydrogen-bond acceptors (Lipinski definition) is 5. The number of amides is 1. The molecule has 1 aliphatic rings. The second-order valence-electron chi connectivity index (χ2n) is 6.80. The first-order chi connectivity index (χ1) is 11.8. The summed E-state index contributed by atoms with van der Waals surface area (Å²) < 4.78 is 23.5. The van der Waals surface area contributed by atoms with E-state index in [9.17, 15) is 13.2 Å². The number of carbonyl (C=O) groups excluding carboxylic acids is 1. The Morgan fingerprint density at radius 2 is 2.20 bits per heavy atom. The van der Waals surface area contributed by atoms with Crippen molar-refractivity contribution in [2.75, 3.05) is 23.8 Å². The molecule has 0 saturated carbocycles. The number of sulfone groups is 1. The lowest BCUT2D eigenvalue weighted by Crippen LogP contribution is -2.44. The van der Waals surface area contributed by atoms with Crippen molar-refractivity contribution < 1.29 is 13.2 Å². The Labute approximate surface area is 154 Å². The van der Waals surface area contributed by atoms with Crippen molar-refractivity contribution in [3.05, 3.63) is 35.4 Å². The maximum atomic E-state index is 12.6. The van der Waals surface area contributed by atoms with Gasteiger partial charge in [-0.05, 0) is 30.0 Å². The molecule has 1 amide bonds. The van der Waals surface area contributed by atoms with Crippen LogP contribution in [-0.2, 0) is 20.4 Å². The maximum Gasteiger partial charge on any atom is 0.232 e. The summed E-state index contributed by atoms with van der Waals surface area (Å²) in [4.78, 5) is 14.4.